The summed E-state index contributed by atoms with van der Waals surface area (Å²) in [4.78, 5) is 46.0. The molecule has 8 heteroatoms. The van der Waals surface area contributed by atoms with Crippen molar-refractivity contribution in [1.82, 2.24) is 9.80 Å². The first kappa shape index (κ1) is 18.1. The van der Waals surface area contributed by atoms with Gasteiger partial charge < -0.3 is 9.80 Å². The summed E-state index contributed by atoms with van der Waals surface area (Å²) in [5.41, 5.74) is 1.31. The maximum atomic E-state index is 13.1. The molecule has 1 atom stereocenters. The molecule has 0 spiro atoms. The highest BCUT2D eigenvalue weighted by molar-refractivity contribution is 6.22. The zero-order chi connectivity index (χ0) is 19.7. The molecule has 1 saturated heterocycles. The molecule has 0 N–H and O–H groups in total. The van der Waals surface area contributed by atoms with Gasteiger partial charge in [-0.25, -0.2) is 9.18 Å². The number of nitrogens with zero attached hydrogens (tertiary/aromatic N) is 4. The molecule has 0 radical (unpaired) electrons. The number of urea groups is 1. The molecule has 0 aromatic heterocycles. The topological polar surface area (TPSA) is 73.3 Å². The van der Waals surface area contributed by atoms with Gasteiger partial charge in [-0.05, 0) is 30.3 Å². The van der Waals surface area contributed by atoms with E-state index in [2.05, 4.69) is 9.89 Å². The number of fused-ring (bicyclic) bond motifs is 1. The Bertz CT molecular complexity index is 899. The molecule has 7 nitrogen and oxygen atoms in total. The van der Waals surface area contributed by atoms with Gasteiger partial charge in [0, 0.05) is 31.9 Å². The standard InChI is InChI=1S/C20H19FN4O3/c21-14-5-7-15(8-6-14)23-9-11-24(12-10-23)18(26)13-25-19(27)16-3-1-2-4-17(16)22-20(25)28/h1-8,16H,9-13H2. The molecule has 1 aromatic rings. The van der Waals surface area contributed by atoms with Crippen molar-refractivity contribution in [3.05, 3.63) is 54.4 Å². The molecule has 0 bridgehead atoms. The van der Waals surface area contributed by atoms with Gasteiger partial charge in [0.15, 0.2) is 0 Å². The van der Waals surface area contributed by atoms with E-state index in [9.17, 15) is 18.8 Å². The minimum atomic E-state index is -0.700. The average Bonchev–Trinajstić information content (AvgIpc) is 2.72. The number of allylic oxidation sites excluding steroid dienone is 3. The van der Waals surface area contributed by atoms with Crippen LogP contribution in [0, 0.1) is 11.7 Å². The highest BCUT2D eigenvalue weighted by Gasteiger charge is 2.37. The molecule has 2 heterocycles. The number of carbonyl (C=O) groups is 3. The monoisotopic (exact) mass is 382 g/mol. The number of benzene rings is 1. The zero-order valence-electron chi connectivity index (χ0n) is 15.1. The maximum absolute atomic E-state index is 13.1. The second-order valence-corrected chi connectivity index (χ2v) is 6.81. The molecule has 144 valence electrons. The smallest absolute Gasteiger partial charge is 0.351 e. The van der Waals surface area contributed by atoms with E-state index in [1.807, 2.05) is 0 Å². The van der Waals surface area contributed by atoms with Crippen LogP contribution >= 0.6 is 0 Å². The fraction of sp³-hybridized carbons (Fsp3) is 0.300. The molecule has 1 unspecified atom stereocenters. The summed E-state index contributed by atoms with van der Waals surface area (Å²) in [6, 6.07) is 5.53. The lowest BCUT2D eigenvalue weighted by molar-refractivity contribution is -0.138. The highest BCUT2D eigenvalue weighted by atomic mass is 19.1. The van der Waals surface area contributed by atoms with Gasteiger partial charge in [0.1, 0.15) is 12.4 Å². The fourth-order valence-corrected chi connectivity index (χ4v) is 3.53. The Morgan fingerprint density at radius 1 is 1.07 bits per heavy atom. The third kappa shape index (κ3) is 3.45. The molecule has 0 saturated carbocycles. The van der Waals surface area contributed by atoms with Crippen LogP contribution in [0.3, 0.4) is 0 Å². The van der Waals surface area contributed by atoms with Crippen molar-refractivity contribution < 1.29 is 18.8 Å². The van der Waals surface area contributed by atoms with Gasteiger partial charge in [-0.15, -0.1) is 0 Å². The van der Waals surface area contributed by atoms with Crippen molar-refractivity contribution in [2.24, 2.45) is 10.9 Å². The molecule has 1 aromatic carbocycles. The maximum Gasteiger partial charge on any atom is 0.351 e. The third-order valence-corrected chi connectivity index (χ3v) is 5.11. The lowest BCUT2D eigenvalue weighted by Gasteiger charge is -2.37. The summed E-state index contributed by atoms with van der Waals surface area (Å²) < 4.78 is 13.1. The highest BCUT2D eigenvalue weighted by Crippen LogP contribution is 2.20. The summed E-state index contributed by atoms with van der Waals surface area (Å²) in [7, 11) is 0. The van der Waals surface area contributed by atoms with Gasteiger partial charge in [-0.2, -0.15) is 4.99 Å². The number of aliphatic imine (C=N–C) groups is 1. The summed E-state index contributed by atoms with van der Waals surface area (Å²) in [6.07, 6.45) is 6.75. The predicted molar refractivity (Wildman–Crippen MR) is 102 cm³/mol. The Hall–Kier alpha value is -3.29. The van der Waals surface area contributed by atoms with Crippen LogP contribution in [0.1, 0.15) is 0 Å². The van der Waals surface area contributed by atoms with Crippen molar-refractivity contribution in [2.45, 2.75) is 0 Å². The molecule has 1 fully saturated rings. The molecular weight excluding hydrogens is 363 g/mol. The number of hydrogen-bond acceptors (Lipinski definition) is 4. The SMILES string of the molecule is O=C(CN1C(=O)N=C2C=CC=CC2C1=O)N1CCN(c2ccc(F)cc2)CC1. The van der Waals surface area contributed by atoms with Crippen LogP contribution in [0.2, 0.25) is 0 Å². The first-order valence-corrected chi connectivity index (χ1v) is 9.10. The molecular formula is C20H19FN4O3. The van der Waals surface area contributed by atoms with Gasteiger partial charge in [0.05, 0.1) is 11.6 Å². The molecule has 1 aliphatic carbocycles. The molecule has 4 rings (SSSR count). The van der Waals surface area contributed by atoms with Crippen LogP contribution in [-0.2, 0) is 9.59 Å². The van der Waals surface area contributed by atoms with E-state index in [1.54, 1.807) is 41.3 Å². The largest absolute Gasteiger partial charge is 0.368 e. The number of piperazine rings is 1. The normalized spacial score (nSPS) is 21.7. The average molecular weight is 382 g/mol. The van der Waals surface area contributed by atoms with Crippen molar-refractivity contribution in [2.75, 3.05) is 37.6 Å². The minimum absolute atomic E-state index is 0.283. The van der Waals surface area contributed by atoms with Crippen LogP contribution in [0.15, 0.2) is 53.6 Å². The summed E-state index contributed by atoms with van der Waals surface area (Å²) in [5, 5.41) is 0. The van der Waals surface area contributed by atoms with E-state index in [1.165, 1.54) is 12.1 Å². The van der Waals surface area contributed by atoms with Gasteiger partial charge in [-0.3, -0.25) is 14.5 Å². The van der Waals surface area contributed by atoms with E-state index in [-0.39, 0.29) is 18.3 Å². The Morgan fingerprint density at radius 2 is 1.79 bits per heavy atom. The van der Waals surface area contributed by atoms with Crippen molar-refractivity contribution in [1.29, 1.82) is 0 Å². The van der Waals surface area contributed by atoms with Crippen molar-refractivity contribution in [3.63, 3.8) is 0 Å². The number of anilines is 1. The molecule has 4 amide bonds. The second-order valence-electron chi connectivity index (χ2n) is 6.81. The van der Waals surface area contributed by atoms with Crippen LogP contribution in [0.4, 0.5) is 14.9 Å². The Balaban J connectivity index is 1.37. The first-order valence-electron chi connectivity index (χ1n) is 9.10. The number of carbonyl (C=O) groups excluding carboxylic acids is 3. The quantitative estimate of drug-likeness (QED) is 0.796. The number of rotatable bonds is 3. The van der Waals surface area contributed by atoms with Crippen molar-refractivity contribution in [3.8, 4) is 0 Å². The minimum Gasteiger partial charge on any atom is -0.368 e. The van der Waals surface area contributed by atoms with Crippen molar-refractivity contribution >= 4 is 29.2 Å². The Labute approximate surface area is 161 Å². The van der Waals surface area contributed by atoms with Crippen LogP contribution in [0.25, 0.3) is 0 Å². The number of imide groups is 1. The van der Waals surface area contributed by atoms with E-state index < -0.39 is 17.9 Å². The summed E-state index contributed by atoms with van der Waals surface area (Å²) >= 11 is 0. The van der Waals surface area contributed by atoms with E-state index in [0.717, 1.165) is 10.6 Å². The Morgan fingerprint density at radius 3 is 2.50 bits per heavy atom. The molecule has 3 aliphatic rings. The third-order valence-electron chi connectivity index (χ3n) is 5.11. The number of amides is 4. The predicted octanol–water partition coefficient (Wildman–Crippen LogP) is 1.62. The molecule has 2 aliphatic heterocycles. The number of hydrogen-bond donors (Lipinski definition) is 0. The lowest BCUT2D eigenvalue weighted by Crippen LogP contribution is -2.54. The van der Waals surface area contributed by atoms with Gasteiger partial charge in [0.2, 0.25) is 11.8 Å². The lowest BCUT2D eigenvalue weighted by atomic mass is 9.95. The fourth-order valence-electron chi connectivity index (χ4n) is 3.53. The van der Waals surface area contributed by atoms with Gasteiger partial charge >= 0.3 is 6.03 Å². The molecule has 28 heavy (non-hydrogen) atoms. The van der Waals surface area contributed by atoms with Crippen LogP contribution < -0.4 is 4.90 Å². The summed E-state index contributed by atoms with van der Waals surface area (Å²) in [5.74, 6) is -1.60. The second kappa shape index (κ2) is 7.38. The van der Waals surface area contributed by atoms with Gasteiger partial charge in [-0.1, -0.05) is 18.2 Å². The van der Waals surface area contributed by atoms with E-state index in [4.69, 9.17) is 0 Å². The van der Waals surface area contributed by atoms with Crippen LogP contribution in [-0.4, -0.2) is 66.1 Å². The Kier molecular flexibility index (Phi) is 4.77. The number of halogens is 1. The van der Waals surface area contributed by atoms with Crippen LogP contribution in [0.5, 0.6) is 0 Å². The van der Waals surface area contributed by atoms with E-state index >= 15 is 0 Å². The van der Waals surface area contributed by atoms with E-state index in [0.29, 0.717) is 31.9 Å². The first-order chi connectivity index (χ1) is 13.5. The zero-order valence-corrected chi connectivity index (χ0v) is 15.1. The summed E-state index contributed by atoms with van der Waals surface area (Å²) in [6.45, 7) is 1.81. The van der Waals surface area contributed by atoms with Gasteiger partial charge in [0.25, 0.3) is 0 Å².